The lowest BCUT2D eigenvalue weighted by Crippen LogP contribution is -2.20. The summed E-state index contributed by atoms with van der Waals surface area (Å²) in [5.74, 6) is 2.81. The van der Waals surface area contributed by atoms with Gasteiger partial charge in [-0.05, 0) is 24.3 Å². The third-order valence-corrected chi connectivity index (χ3v) is 2.89. The fourth-order valence-electron chi connectivity index (χ4n) is 2.15. The lowest BCUT2D eigenvalue weighted by molar-refractivity contribution is 0.360. The highest BCUT2D eigenvalue weighted by atomic mass is 16.5. The van der Waals surface area contributed by atoms with Gasteiger partial charge in [-0.1, -0.05) is 46.7 Å². The van der Waals surface area contributed by atoms with E-state index in [2.05, 4.69) is 52.0 Å². The molecule has 0 aromatic carbocycles. The molecule has 3 nitrogen and oxygen atoms in total. The van der Waals surface area contributed by atoms with E-state index < -0.39 is 0 Å². The summed E-state index contributed by atoms with van der Waals surface area (Å²) in [6.07, 6.45) is 0.977. The number of nitrogens with zero attached hydrogens (tertiary/aromatic N) is 1. The Morgan fingerprint density at radius 1 is 1.06 bits per heavy atom. The van der Waals surface area contributed by atoms with Crippen LogP contribution >= 0.6 is 0 Å². The maximum Gasteiger partial charge on any atom is 0.140 e. The van der Waals surface area contributed by atoms with Crippen molar-refractivity contribution in [3.63, 3.8) is 0 Å². The highest BCUT2D eigenvalue weighted by Crippen LogP contribution is 2.25. The third kappa shape index (κ3) is 4.45. The molecule has 0 aliphatic carbocycles. The number of hydrogen-bond acceptors (Lipinski definition) is 3. The van der Waals surface area contributed by atoms with E-state index in [1.807, 2.05) is 0 Å². The first-order valence-corrected chi connectivity index (χ1v) is 7.09. The monoisotopic (exact) mass is 252 g/mol. The summed E-state index contributed by atoms with van der Waals surface area (Å²) in [5.41, 5.74) is 2.39. The topological polar surface area (TPSA) is 38.1 Å². The lowest BCUT2D eigenvalue weighted by atomic mass is 9.96. The van der Waals surface area contributed by atoms with E-state index in [4.69, 9.17) is 4.52 Å². The molecule has 1 heterocycles. The summed E-state index contributed by atoms with van der Waals surface area (Å²) in [7, 11) is 0. The van der Waals surface area contributed by atoms with Crippen LogP contribution in [0.4, 0.5) is 0 Å². The molecule has 18 heavy (non-hydrogen) atoms. The number of aromatic nitrogens is 1. The standard InChI is InChI=1S/C15H28N2O/c1-10(2)7-14-15(12(5)6)13(17-18-14)9-16-8-11(3)4/h10-12,16H,7-9H2,1-6H3. The van der Waals surface area contributed by atoms with Crippen LogP contribution in [0.1, 0.15) is 64.5 Å². The van der Waals surface area contributed by atoms with Gasteiger partial charge in [0.15, 0.2) is 0 Å². The van der Waals surface area contributed by atoms with Crippen molar-refractivity contribution in [3.8, 4) is 0 Å². The Labute approximate surface area is 111 Å². The first-order chi connectivity index (χ1) is 8.41. The molecule has 0 amide bonds. The van der Waals surface area contributed by atoms with Gasteiger partial charge in [-0.25, -0.2) is 0 Å². The zero-order valence-corrected chi connectivity index (χ0v) is 12.7. The molecule has 1 aromatic heterocycles. The van der Waals surface area contributed by atoms with E-state index in [1.165, 1.54) is 5.56 Å². The second-order valence-corrected chi connectivity index (χ2v) is 6.24. The summed E-state index contributed by atoms with van der Waals surface area (Å²) in [6, 6.07) is 0. The molecule has 0 unspecified atom stereocenters. The first-order valence-electron chi connectivity index (χ1n) is 7.09. The van der Waals surface area contributed by atoms with Crippen LogP contribution in [0.15, 0.2) is 4.52 Å². The second-order valence-electron chi connectivity index (χ2n) is 6.24. The van der Waals surface area contributed by atoms with Crippen LogP contribution in [0.2, 0.25) is 0 Å². The van der Waals surface area contributed by atoms with Crippen molar-refractivity contribution in [2.24, 2.45) is 11.8 Å². The van der Waals surface area contributed by atoms with Crippen LogP contribution in [-0.4, -0.2) is 11.7 Å². The minimum Gasteiger partial charge on any atom is -0.361 e. The Morgan fingerprint density at radius 2 is 1.72 bits per heavy atom. The van der Waals surface area contributed by atoms with Crippen LogP contribution in [0.5, 0.6) is 0 Å². The fraction of sp³-hybridized carbons (Fsp3) is 0.800. The maximum atomic E-state index is 5.54. The van der Waals surface area contributed by atoms with Gasteiger partial charge in [0.05, 0.1) is 0 Å². The highest BCUT2D eigenvalue weighted by Gasteiger charge is 2.19. The van der Waals surface area contributed by atoms with Crippen molar-refractivity contribution in [3.05, 3.63) is 17.0 Å². The summed E-state index contributed by atoms with van der Waals surface area (Å²) < 4.78 is 5.54. The van der Waals surface area contributed by atoms with Crippen LogP contribution in [-0.2, 0) is 13.0 Å². The average molecular weight is 252 g/mol. The normalized spacial score (nSPS) is 12.1. The molecular weight excluding hydrogens is 224 g/mol. The second kappa shape index (κ2) is 6.93. The minimum absolute atomic E-state index is 0.473. The molecule has 1 rings (SSSR count). The summed E-state index contributed by atoms with van der Waals surface area (Å²) >= 11 is 0. The van der Waals surface area contributed by atoms with Gasteiger partial charge >= 0.3 is 0 Å². The summed E-state index contributed by atoms with van der Waals surface area (Å²) in [5, 5.41) is 7.69. The predicted octanol–water partition coefficient (Wildman–Crippen LogP) is 3.74. The zero-order chi connectivity index (χ0) is 13.7. The van der Waals surface area contributed by atoms with Gasteiger partial charge in [0.25, 0.3) is 0 Å². The Hall–Kier alpha value is -0.830. The van der Waals surface area contributed by atoms with Crippen LogP contribution in [0.3, 0.4) is 0 Å². The van der Waals surface area contributed by atoms with Crippen LogP contribution in [0, 0.1) is 11.8 Å². The average Bonchev–Trinajstić information content (AvgIpc) is 2.59. The molecule has 0 bridgehead atoms. The van der Waals surface area contributed by atoms with E-state index in [0.29, 0.717) is 17.8 Å². The van der Waals surface area contributed by atoms with Crippen molar-refractivity contribution >= 4 is 0 Å². The van der Waals surface area contributed by atoms with Gasteiger partial charge < -0.3 is 9.84 Å². The molecule has 0 atom stereocenters. The molecule has 1 N–H and O–H groups in total. The molecule has 0 saturated heterocycles. The van der Waals surface area contributed by atoms with Gasteiger partial charge in [-0.15, -0.1) is 0 Å². The maximum absolute atomic E-state index is 5.54. The molecule has 0 saturated carbocycles. The quantitative estimate of drug-likeness (QED) is 0.803. The summed E-state index contributed by atoms with van der Waals surface area (Å²) in [4.78, 5) is 0. The lowest BCUT2D eigenvalue weighted by Gasteiger charge is -2.10. The van der Waals surface area contributed by atoms with Crippen molar-refractivity contribution in [2.75, 3.05) is 6.54 Å². The molecule has 0 radical (unpaired) electrons. The van der Waals surface area contributed by atoms with Crippen molar-refractivity contribution in [1.29, 1.82) is 0 Å². The Bertz CT molecular complexity index is 353. The molecule has 0 aliphatic heterocycles. The van der Waals surface area contributed by atoms with E-state index >= 15 is 0 Å². The molecule has 104 valence electrons. The smallest absolute Gasteiger partial charge is 0.140 e. The van der Waals surface area contributed by atoms with E-state index in [0.717, 1.165) is 31.0 Å². The van der Waals surface area contributed by atoms with E-state index in [9.17, 15) is 0 Å². The molecule has 1 aromatic rings. The zero-order valence-electron chi connectivity index (χ0n) is 12.7. The van der Waals surface area contributed by atoms with Crippen molar-refractivity contribution in [2.45, 2.75) is 60.4 Å². The largest absolute Gasteiger partial charge is 0.361 e. The van der Waals surface area contributed by atoms with Gasteiger partial charge in [0.2, 0.25) is 0 Å². The predicted molar refractivity (Wildman–Crippen MR) is 75.7 cm³/mol. The number of nitrogens with one attached hydrogen (secondary N) is 1. The molecule has 3 heteroatoms. The molecule has 0 aliphatic rings. The van der Waals surface area contributed by atoms with Gasteiger partial charge in [0, 0.05) is 18.5 Å². The molecular formula is C15H28N2O. The van der Waals surface area contributed by atoms with Gasteiger partial charge in [-0.2, -0.15) is 0 Å². The van der Waals surface area contributed by atoms with E-state index in [1.54, 1.807) is 0 Å². The SMILES string of the molecule is CC(C)CNCc1noc(CC(C)C)c1C(C)C. The van der Waals surface area contributed by atoms with Crippen LogP contribution < -0.4 is 5.32 Å². The Kier molecular flexibility index (Phi) is 5.86. The van der Waals surface area contributed by atoms with Crippen LogP contribution in [0.25, 0.3) is 0 Å². The van der Waals surface area contributed by atoms with Gasteiger partial charge in [0.1, 0.15) is 11.5 Å². The highest BCUT2D eigenvalue weighted by molar-refractivity contribution is 5.26. The Balaban J connectivity index is 2.75. The van der Waals surface area contributed by atoms with Gasteiger partial charge in [-0.3, -0.25) is 0 Å². The van der Waals surface area contributed by atoms with Crippen molar-refractivity contribution in [1.82, 2.24) is 10.5 Å². The first kappa shape index (κ1) is 15.2. The van der Waals surface area contributed by atoms with E-state index in [-0.39, 0.29) is 0 Å². The number of rotatable bonds is 7. The third-order valence-electron chi connectivity index (χ3n) is 2.89. The van der Waals surface area contributed by atoms with Crippen molar-refractivity contribution < 1.29 is 4.52 Å². The summed E-state index contributed by atoms with van der Waals surface area (Å²) in [6.45, 7) is 15.1. The minimum atomic E-state index is 0.473. The number of hydrogen-bond donors (Lipinski definition) is 1. The Morgan fingerprint density at radius 3 is 2.22 bits per heavy atom. The molecule has 0 fully saturated rings. The molecule has 0 spiro atoms. The fourth-order valence-corrected chi connectivity index (χ4v) is 2.15.